The first-order valence-corrected chi connectivity index (χ1v) is 4.98. The van der Waals surface area contributed by atoms with Gasteiger partial charge in [-0.25, -0.2) is 0 Å². The largest absolute Gasteiger partial charge is 0.397 e. The van der Waals surface area contributed by atoms with E-state index in [1.807, 2.05) is 0 Å². The van der Waals surface area contributed by atoms with Crippen molar-refractivity contribution in [3.8, 4) is 0 Å². The molecule has 2 N–H and O–H groups in total. The third-order valence-electron chi connectivity index (χ3n) is 1.80. The van der Waals surface area contributed by atoms with Crippen LogP contribution in [-0.2, 0) is 0 Å². The highest BCUT2D eigenvalue weighted by Crippen LogP contribution is 2.10. The van der Waals surface area contributed by atoms with Gasteiger partial charge in [0, 0.05) is 13.2 Å². The Bertz CT molecular complexity index is 60.9. The first-order valence-electron chi connectivity index (χ1n) is 4.98. The molecular weight excluding hydrogens is 152 g/mol. The van der Waals surface area contributed by atoms with Crippen LogP contribution in [0, 0.1) is 5.92 Å². The monoisotopic (exact) mass is 176 g/mol. The molecule has 0 saturated carbocycles. The van der Waals surface area contributed by atoms with Gasteiger partial charge in [0.25, 0.3) is 0 Å². The van der Waals surface area contributed by atoms with Crippen molar-refractivity contribution in [1.29, 1.82) is 0 Å². The molecule has 0 amide bonds. The van der Waals surface area contributed by atoms with Gasteiger partial charge in [-0.15, -0.1) is 0 Å². The van der Waals surface area contributed by atoms with E-state index in [0.717, 1.165) is 6.42 Å². The summed E-state index contributed by atoms with van der Waals surface area (Å²) in [5.74, 6) is 0.560. The molecule has 0 aromatic carbocycles. The molecular formula is C10H24O2. The number of unbranched alkanes of at least 4 members (excludes halogenated alkanes) is 1. The third-order valence-corrected chi connectivity index (χ3v) is 1.80. The van der Waals surface area contributed by atoms with Crippen LogP contribution in [0.1, 0.15) is 46.5 Å². The molecule has 0 rings (SSSR count). The van der Waals surface area contributed by atoms with Gasteiger partial charge in [-0.2, -0.15) is 0 Å². The molecule has 2 heteroatoms. The Morgan fingerprint density at radius 1 is 1.08 bits per heavy atom. The predicted octanol–water partition coefficient (Wildman–Crippen LogP) is 2.19. The van der Waals surface area contributed by atoms with Gasteiger partial charge in [-0.05, 0) is 19.3 Å². The number of rotatable bonds is 5. The van der Waals surface area contributed by atoms with Crippen LogP contribution in [0.4, 0.5) is 0 Å². The molecule has 76 valence electrons. The minimum Gasteiger partial charge on any atom is -0.397 e. The van der Waals surface area contributed by atoms with E-state index >= 15 is 0 Å². The summed E-state index contributed by atoms with van der Waals surface area (Å²) >= 11 is 0. The van der Waals surface area contributed by atoms with Crippen LogP contribution in [0.15, 0.2) is 0 Å². The molecule has 1 atom stereocenters. The number of hydrogen-bond donors (Lipinski definition) is 2. The second-order valence-electron chi connectivity index (χ2n) is 2.92. The van der Waals surface area contributed by atoms with E-state index in [2.05, 4.69) is 13.8 Å². The van der Waals surface area contributed by atoms with Crippen LogP contribution in [0.25, 0.3) is 0 Å². The Hall–Kier alpha value is -0.0800. The molecule has 0 aliphatic rings. The Balaban J connectivity index is 0. The van der Waals surface area contributed by atoms with Gasteiger partial charge in [-0.3, -0.25) is 0 Å². The molecule has 0 aromatic heterocycles. The van der Waals surface area contributed by atoms with E-state index < -0.39 is 0 Å². The molecule has 0 aromatic rings. The fourth-order valence-corrected chi connectivity index (χ4v) is 0.917. The SMILES string of the molecule is CCCCC(CC)CO.CCO. The van der Waals surface area contributed by atoms with Gasteiger partial charge in [0.15, 0.2) is 0 Å². The highest BCUT2D eigenvalue weighted by Gasteiger charge is 2.01. The van der Waals surface area contributed by atoms with E-state index in [0.29, 0.717) is 12.5 Å². The second kappa shape index (κ2) is 13.5. The van der Waals surface area contributed by atoms with Crippen LogP contribution in [-0.4, -0.2) is 23.4 Å². The van der Waals surface area contributed by atoms with Crippen molar-refractivity contribution < 1.29 is 10.2 Å². The van der Waals surface area contributed by atoms with Crippen molar-refractivity contribution >= 4 is 0 Å². The third kappa shape index (κ3) is 12.6. The van der Waals surface area contributed by atoms with E-state index in [1.54, 1.807) is 6.92 Å². The fraction of sp³-hybridized carbons (Fsp3) is 1.00. The summed E-state index contributed by atoms with van der Waals surface area (Å²) in [5.41, 5.74) is 0. The zero-order valence-electron chi connectivity index (χ0n) is 8.71. The summed E-state index contributed by atoms with van der Waals surface area (Å²) in [6.07, 6.45) is 4.83. The van der Waals surface area contributed by atoms with E-state index in [4.69, 9.17) is 10.2 Å². The van der Waals surface area contributed by atoms with Crippen LogP contribution >= 0.6 is 0 Å². The second-order valence-corrected chi connectivity index (χ2v) is 2.92. The average molecular weight is 176 g/mol. The minimum atomic E-state index is 0.250. The molecule has 0 fully saturated rings. The molecule has 2 nitrogen and oxygen atoms in total. The van der Waals surface area contributed by atoms with Crippen molar-refractivity contribution in [3.63, 3.8) is 0 Å². The summed E-state index contributed by atoms with van der Waals surface area (Å²) in [6.45, 7) is 6.62. The van der Waals surface area contributed by atoms with Gasteiger partial charge < -0.3 is 10.2 Å². The molecule has 0 aliphatic heterocycles. The quantitative estimate of drug-likeness (QED) is 0.674. The Morgan fingerprint density at radius 2 is 1.58 bits per heavy atom. The van der Waals surface area contributed by atoms with Crippen LogP contribution in [0.3, 0.4) is 0 Å². The normalized spacial score (nSPS) is 11.8. The first kappa shape index (κ1) is 14.4. The molecule has 12 heavy (non-hydrogen) atoms. The Labute approximate surface area is 76.6 Å². The Morgan fingerprint density at radius 3 is 1.83 bits per heavy atom. The standard InChI is InChI=1S/C8H18O.C2H6O/c1-3-5-6-8(4-2)7-9;1-2-3/h8-9H,3-7H2,1-2H3;3H,2H2,1H3. The van der Waals surface area contributed by atoms with Crippen molar-refractivity contribution in [1.82, 2.24) is 0 Å². The molecule has 0 radical (unpaired) electrons. The van der Waals surface area contributed by atoms with E-state index in [-0.39, 0.29) is 6.61 Å². The first-order chi connectivity index (χ1) is 5.76. The number of aliphatic hydroxyl groups excluding tert-OH is 2. The van der Waals surface area contributed by atoms with Crippen molar-refractivity contribution in [2.45, 2.75) is 46.5 Å². The lowest BCUT2D eigenvalue weighted by Gasteiger charge is -2.08. The van der Waals surface area contributed by atoms with Gasteiger partial charge in [0.05, 0.1) is 0 Å². The van der Waals surface area contributed by atoms with Gasteiger partial charge in [-0.1, -0.05) is 33.1 Å². The highest BCUT2D eigenvalue weighted by atomic mass is 16.3. The number of aliphatic hydroxyl groups is 2. The zero-order chi connectivity index (χ0) is 9.82. The van der Waals surface area contributed by atoms with E-state index in [9.17, 15) is 0 Å². The van der Waals surface area contributed by atoms with Gasteiger partial charge in [0.1, 0.15) is 0 Å². The van der Waals surface area contributed by atoms with Gasteiger partial charge >= 0.3 is 0 Å². The maximum absolute atomic E-state index is 8.75. The maximum atomic E-state index is 8.75. The molecule has 0 spiro atoms. The number of hydrogen-bond acceptors (Lipinski definition) is 2. The Kier molecular flexibility index (Phi) is 16.3. The molecule has 0 aliphatic carbocycles. The molecule has 0 bridgehead atoms. The lowest BCUT2D eigenvalue weighted by atomic mass is 10.0. The van der Waals surface area contributed by atoms with Crippen molar-refractivity contribution in [2.24, 2.45) is 5.92 Å². The predicted molar refractivity (Wildman–Crippen MR) is 53.2 cm³/mol. The topological polar surface area (TPSA) is 40.5 Å². The minimum absolute atomic E-state index is 0.250. The van der Waals surface area contributed by atoms with Gasteiger partial charge in [0.2, 0.25) is 0 Å². The maximum Gasteiger partial charge on any atom is 0.0459 e. The molecule has 0 saturated heterocycles. The smallest absolute Gasteiger partial charge is 0.0459 e. The van der Waals surface area contributed by atoms with Crippen LogP contribution < -0.4 is 0 Å². The summed E-state index contributed by atoms with van der Waals surface area (Å²) in [6, 6.07) is 0. The van der Waals surface area contributed by atoms with Crippen molar-refractivity contribution in [2.75, 3.05) is 13.2 Å². The van der Waals surface area contributed by atoms with Crippen LogP contribution in [0.5, 0.6) is 0 Å². The summed E-state index contributed by atoms with van der Waals surface area (Å²) in [4.78, 5) is 0. The summed E-state index contributed by atoms with van der Waals surface area (Å²) < 4.78 is 0. The highest BCUT2D eigenvalue weighted by molar-refractivity contribution is 4.53. The fourth-order valence-electron chi connectivity index (χ4n) is 0.917. The molecule has 1 unspecified atom stereocenters. The molecule has 0 heterocycles. The summed E-state index contributed by atoms with van der Waals surface area (Å²) in [7, 11) is 0. The van der Waals surface area contributed by atoms with Crippen molar-refractivity contribution in [3.05, 3.63) is 0 Å². The zero-order valence-corrected chi connectivity index (χ0v) is 8.71. The van der Waals surface area contributed by atoms with E-state index in [1.165, 1.54) is 19.3 Å². The lowest BCUT2D eigenvalue weighted by Crippen LogP contribution is -2.03. The average Bonchev–Trinajstić information content (AvgIpc) is 2.08. The lowest BCUT2D eigenvalue weighted by molar-refractivity contribution is 0.212. The van der Waals surface area contributed by atoms with Crippen LogP contribution in [0.2, 0.25) is 0 Å². The summed E-state index contributed by atoms with van der Waals surface area (Å²) in [5, 5.41) is 16.3.